The number of ether oxygens (including phenoxy) is 1. The molecule has 20 heavy (non-hydrogen) atoms. The highest BCUT2D eigenvalue weighted by Crippen LogP contribution is 2.33. The van der Waals surface area contributed by atoms with Crippen LogP contribution in [0.2, 0.25) is 0 Å². The van der Waals surface area contributed by atoms with Gasteiger partial charge in [-0.15, -0.1) is 0 Å². The molecular weight excluding hydrogens is 262 g/mol. The molecule has 0 fully saturated rings. The van der Waals surface area contributed by atoms with Crippen molar-refractivity contribution in [3.63, 3.8) is 0 Å². The van der Waals surface area contributed by atoms with Crippen LogP contribution in [0.15, 0.2) is 48.5 Å². The minimum Gasteiger partial charge on any atom is -0.375 e. The molecule has 0 bridgehead atoms. The smallest absolute Gasteiger partial charge is 0.131 e. The van der Waals surface area contributed by atoms with E-state index >= 15 is 0 Å². The minimum atomic E-state index is -0.830. The molecule has 2 aromatic rings. The van der Waals surface area contributed by atoms with Crippen LogP contribution in [-0.4, -0.2) is 7.11 Å². The zero-order valence-electron chi connectivity index (χ0n) is 11.0. The van der Waals surface area contributed by atoms with E-state index in [0.717, 1.165) is 5.56 Å². The van der Waals surface area contributed by atoms with Gasteiger partial charge in [-0.3, -0.25) is 5.84 Å². The number of hydrazine groups is 1. The molecule has 0 aliphatic rings. The molecule has 2 rings (SSSR count). The molecule has 0 amide bonds. The van der Waals surface area contributed by atoms with Crippen LogP contribution < -0.4 is 11.3 Å². The first kappa shape index (κ1) is 14.6. The third kappa shape index (κ3) is 2.85. The van der Waals surface area contributed by atoms with Crippen LogP contribution in [-0.2, 0) is 4.74 Å². The fourth-order valence-electron chi connectivity index (χ4n) is 2.24. The molecule has 0 aromatic heterocycles. The van der Waals surface area contributed by atoms with Crippen LogP contribution in [0.25, 0.3) is 0 Å². The van der Waals surface area contributed by atoms with Crippen molar-refractivity contribution < 1.29 is 13.5 Å². The van der Waals surface area contributed by atoms with E-state index in [1.165, 1.54) is 25.3 Å². The third-order valence-electron chi connectivity index (χ3n) is 3.18. The summed E-state index contributed by atoms with van der Waals surface area (Å²) in [4.78, 5) is 0. The predicted molar refractivity (Wildman–Crippen MR) is 72.6 cm³/mol. The highest BCUT2D eigenvalue weighted by molar-refractivity contribution is 5.28. The molecule has 2 aromatic carbocycles. The molecule has 2 unspecified atom stereocenters. The van der Waals surface area contributed by atoms with Gasteiger partial charge in [-0.1, -0.05) is 36.4 Å². The summed E-state index contributed by atoms with van der Waals surface area (Å²) in [5.74, 6) is 4.17. The fraction of sp³-hybridized carbons (Fsp3) is 0.200. The Balaban J connectivity index is 2.45. The Morgan fingerprint density at radius 1 is 1.00 bits per heavy atom. The van der Waals surface area contributed by atoms with Gasteiger partial charge >= 0.3 is 0 Å². The Labute approximate surface area is 116 Å². The second-order valence-electron chi connectivity index (χ2n) is 4.35. The van der Waals surface area contributed by atoms with Gasteiger partial charge in [0, 0.05) is 12.7 Å². The maximum Gasteiger partial charge on any atom is 0.131 e. The summed E-state index contributed by atoms with van der Waals surface area (Å²) in [6, 6.07) is 12.0. The Hall–Kier alpha value is -1.82. The van der Waals surface area contributed by atoms with Crippen molar-refractivity contribution >= 4 is 0 Å². The lowest BCUT2D eigenvalue weighted by Gasteiger charge is -2.26. The summed E-state index contributed by atoms with van der Waals surface area (Å²) in [6.07, 6.45) is -0.604. The predicted octanol–water partition coefficient (Wildman–Crippen LogP) is 2.86. The van der Waals surface area contributed by atoms with Crippen molar-refractivity contribution in [3.8, 4) is 0 Å². The molecule has 5 heteroatoms. The third-order valence-corrected chi connectivity index (χ3v) is 3.18. The fourth-order valence-corrected chi connectivity index (χ4v) is 2.24. The van der Waals surface area contributed by atoms with E-state index < -0.39 is 23.8 Å². The van der Waals surface area contributed by atoms with Crippen molar-refractivity contribution in [1.29, 1.82) is 0 Å². The van der Waals surface area contributed by atoms with E-state index in [9.17, 15) is 8.78 Å². The largest absolute Gasteiger partial charge is 0.375 e. The Kier molecular flexibility index (Phi) is 4.79. The number of rotatable bonds is 5. The maximum absolute atomic E-state index is 13.9. The van der Waals surface area contributed by atoms with Gasteiger partial charge in [-0.05, 0) is 17.7 Å². The average molecular weight is 278 g/mol. The number of hydrogen-bond donors (Lipinski definition) is 2. The van der Waals surface area contributed by atoms with Crippen molar-refractivity contribution in [1.82, 2.24) is 5.43 Å². The summed E-state index contributed by atoms with van der Waals surface area (Å²) < 4.78 is 33.2. The Morgan fingerprint density at radius 2 is 1.60 bits per heavy atom. The van der Waals surface area contributed by atoms with Crippen LogP contribution >= 0.6 is 0 Å². The lowest BCUT2D eigenvalue weighted by molar-refractivity contribution is 0.0651. The zero-order valence-corrected chi connectivity index (χ0v) is 11.0. The molecule has 0 heterocycles. The maximum atomic E-state index is 13.9. The minimum absolute atomic E-state index is 0.134. The van der Waals surface area contributed by atoms with Gasteiger partial charge in [0.15, 0.2) is 0 Å². The normalized spacial score (nSPS) is 14.0. The first-order chi connectivity index (χ1) is 9.69. The van der Waals surface area contributed by atoms with Gasteiger partial charge < -0.3 is 4.74 Å². The first-order valence-electron chi connectivity index (χ1n) is 6.16. The van der Waals surface area contributed by atoms with Crippen LogP contribution in [0, 0.1) is 11.6 Å². The van der Waals surface area contributed by atoms with Gasteiger partial charge in [-0.25, -0.2) is 14.2 Å². The van der Waals surface area contributed by atoms with Crippen LogP contribution in [0.5, 0.6) is 0 Å². The number of nitrogens with one attached hydrogen (secondary N) is 1. The average Bonchev–Trinajstić information content (AvgIpc) is 2.47. The lowest BCUT2D eigenvalue weighted by atomic mass is 9.95. The number of benzene rings is 2. The second-order valence-corrected chi connectivity index (χ2v) is 4.35. The monoisotopic (exact) mass is 278 g/mol. The van der Waals surface area contributed by atoms with Gasteiger partial charge in [0.05, 0.1) is 6.04 Å². The highest BCUT2D eigenvalue weighted by Gasteiger charge is 2.28. The van der Waals surface area contributed by atoms with E-state index in [1.54, 1.807) is 0 Å². The first-order valence-corrected chi connectivity index (χ1v) is 6.16. The van der Waals surface area contributed by atoms with Crippen LogP contribution in [0.3, 0.4) is 0 Å². The van der Waals surface area contributed by atoms with Crippen molar-refractivity contribution in [2.75, 3.05) is 7.11 Å². The summed E-state index contributed by atoms with van der Waals surface area (Å²) in [7, 11) is 1.47. The van der Waals surface area contributed by atoms with E-state index in [0.29, 0.717) is 0 Å². The van der Waals surface area contributed by atoms with Crippen molar-refractivity contribution in [2.45, 2.75) is 12.1 Å². The quantitative estimate of drug-likeness (QED) is 0.653. The number of halogens is 2. The summed E-state index contributed by atoms with van der Waals surface area (Å²) in [5.41, 5.74) is 3.09. The molecule has 2 atom stereocenters. The Bertz CT molecular complexity index is 543. The molecule has 0 radical (unpaired) electrons. The van der Waals surface area contributed by atoms with E-state index in [4.69, 9.17) is 10.6 Å². The van der Waals surface area contributed by atoms with Gasteiger partial charge in [0.2, 0.25) is 0 Å². The van der Waals surface area contributed by atoms with Gasteiger partial charge in [0.25, 0.3) is 0 Å². The number of hydrogen-bond acceptors (Lipinski definition) is 3. The zero-order chi connectivity index (χ0) is 14.5. The molecule has 0 saturated carbocycles. The molecule has 0 spiro atoms. The number of methoxy groups -OCH3 is 1. The molecule has 3 nitrogen and oxygen atoms in total. The second kappa shape index (κ2) is 6.56. The standard InChI is InChI=1S/C15H16F2N2O/c1-20-15(10-6-3-2-4-7-10)14(19-18)13-11(16)8-5-9-12(13)17/h2-9,14-15,19H,18H2,1H3. The van der Waals surface area contributed by atoms with Gasteiger partial charge in [-0.2, -0.15) is 0 Å². The summed E-state index contributed by atoms with van der Waals surface area (Å²) >= 11 is 0. The molecule has 0 aliphatic heterocycles. The molecule has 106 valence electrons. The van der Waals surface area contributed by atoms with Gasteiger partial charge in [0.1, 0.15) is 17.7 Å². The molecule has 0 aliphatic carbocycles. The molecule has 0 saturated heterocycles. The van der Waals surface area contributed by atoms with Crippen molar-refractivity contribution in [3.05, 3.63) is 71.3 Å². The molecule has 3 N–H and O–H groups in total. The number of nitrogens with two attached hydrogens (primary N) is 1. The van der Waals surface area contributed by atoms with E-state index in [2.05, 4.69) is 5.43 Å². The Morgan fingerprint density at radius 3 is 2.10 bits per heavy atom. The lowest BCUT2D eigenvalue weighted by Crippen LogP contribution is -2.34. The summed E-state index contributed by atoms with van der Waals surface area (Å²) in [5, 5.41) is 0. The van der Waals surface area contributed by atoms with E-state index in [1.807, 2.05) is 30.3 Å². The topological polar surface area (TPSA) is 47.3 Å². The van der Waals surface area contributed by atoms with E-state index in [-0.39, 0.29) is 5.56 Å². The summed E-state index contributed by atoms with van der Waals surface area (Å²) in [6.45, 7) is 0. The molecular formula is C15H16F2N2O. The highest BCUT2D eigenvalue weighted by atomic mass is 19.1. The SMILES string of the molecule is COC(c1ccccc1)C(NN)c1c(F)cccc1F. The van der Waals surface area contributed by atoms with Crippen LogP contribution in [0.1, 0.15) is 23.3 Å². The van der Waals surface area contributed by atoms with Crippen molar-refractivity contribution in [2.24, 2.45) is 5.84 Å². The van der Waals surface area contributed by atoms with Crippen LogP contribution in [0.4, 0.5) is 8.78 Å².